The zero-order valence-corrected chi connectivity index (χ0v) is 10.1. The van der Waals surface area contributed by atoms with Crippen molar-refractivity contribution in [2.24, 2.45) is 0 Å². The maximum absolute atomic E-state index is 11.1. The first-order valence-electron chi connectivity index (χ1n) is 5.84. The first-order chi connectivity index (χ1) is 9.25. The van der Waals surface area contributed by atoms with E-state index in [-0.39, 0.29) is 5.56 Å². The molecule has 94 valence electrons. The largest absolute Gasteiger partial charge is 0.382 e. The molecule has 0 saturated carbocycles. The molecule has 0 amide bonds. The molecule has 1 aromatic carbocycles. The number of nitrogens with zero attached hydrogens (tertiary/aromatic N) is 1. The highest BCUT2D eigenvalue weighted by atomic mass is 16.1. The van der Waals surface area contributed by atoms with E-state index < -0.39 is 0 Å². The van der Waals surface area contributed by atoms with Crippen molar-refractivity contribution in [1.82, 2.24) is 15.2 Å². The van der Waals surface area contributed by atoms with E-state index in [2.05, 4.69) is 15.2 Å². The number of aromatic nitrogens is 3. The second-order valence-electron chi connectivity index (χ2n) is 4.17. The molecular formula is C14H12N4O. The van der Waals surface area contributed by atoms with E-state index >= 15 is 0 Å². The number of benzene rings is 1. The van der Waals surface area contributed by atoms with Crippen LogP contribution in [0.1, 0.15) is 0 Å². The average molecular weight is 252 g/mol. The van der Waals surface area contributed by atoms with Crippen molar-refractivity contribution >= 4 is 5.82 Å². The molecule has 0 bridgehead atoms. The fourth-order valence-corrected chi connectivity index (χ4v) is 2.03. The Morgan fingerprint density at radius 2 is 1.79 bits per heavy atom. The number of nitrogens with two attached hydrogens (primary N) is 1. The second kappa shape index (κ2) is 4.45. The average Bonchev–Trinajstić information content (AvgIpc) is 2.82. The Bertz CT molecular complexity index is 738. The predicted molar refractivity (Wildman–Crippen MR) is 74.5 cm³/mol. The Hall–Kier alpha value is -2.82. The molecule has 0 unspecified atom stereocenters. The molecule has 0 aliphatic rings. The number of nitrogen functional groups attached to an aromatic ring is 1. The van der Waals surface area contributed by atoms with Crippen molar-refractivity contribution in [3.8, 4) is 22.4 Å². The second-order valence-corrected chi connectivity index (χ2v) is 4.17. The van der Waals surface area contributed by atoms with Crippen molar-refractivity contribution in [3.63, 3.8) is 0 Å². The molecular weight excluding hydrogens is 240 g/mol. The Labute approximate surface area is 109 Å². The number of H-pyrrole nitrogens is 2. The molecule has 3 rings (SSSR count). The minimum Gasteiger partial charge on any atom is -0.382 e. The summed E-state index contributed by atoms with van der Waals surface area (Å²) in [6.07, 6.45) is 1.64. The molecule has 0 radical (unpaired) electrons. The van der Waals surface area contributed by atoms with E-state index in [1.54, 1.807) is 12.3 Å². The summed E-state index contributed by atoms with van der Waals surface area (Å²) in [5.74, 6) is 0.437. The van der Waals surface area contributed by atoms with Gasteiger partial charge in [0.15, 0.2) is 5.82 Å². The lowest BCUT2D eigenvalue weighted by atomic mass is 10.0. The summed E-state index contributed by atoms with van der Waals surface area (Å²) >= 11 is 0. The van der Waals surface area contributed by atoms with Crippen LogP contribution in [0.25, 0.3) is 22.4 Å². The molecule has 0 aliphatic heterocycles. The summed E-state index contributed by atoms with van der Waals surface area (Å²) < 4.78 is 0. The molecule has 5 nitrogen and oxygen atoms in total. The maximum atomic E-state index is 11.1. The molecule has 3 aromatic rings. The van der Waals surface area contributed by atoms with E-state index in [1.807, 2.05) is 30.3 Å². The Kier molecular flexibility index (Phi) is 2.64. The van der Waals surface area contributed by atoms with Crippen molar-refractivity contribution in [3.05, 3.63) is 59.0 Å². The van der Waals surface area contributed by atoms with Gasteiger partial charge in [-0.15, -0.1) is 0 Å². The highest BCUT2D eigenvalue weighted by Gasteiger charge is 2.14. The van der Waals surface area contributed by atoms with E-state index in [4.69, 9.17) is 5.73 Å². The van der Waals surface area contributed by atoms with Crippen LogP contribution in [0.4, 0.5) is 5.82 Å². The lowest BCUT2D eigenvalue weighted by molar-refractivity contribution is 1.10. The van der Waals surface area contributed by atoms with E-state index in [0.29, 0.717) is 5.82 Å². The highest BCUT2D eigenvalue weighted by molar-refractivity contribution is 5.87. The standard InChI is InChI=1S/C14H12N4O/c15-14-12(9-4-2-1-3-5-9)13(17-18-14)10-6-7-11(19)16-8-10/h1-8H,(H,16,19)(H3,15,17,18). The van der Waals surface area contributed by atoms with Crippen molar-refractivity contribution in [2.75, 3.05) is 5.73 Å². The Balaban J connectivity index is 2.19. The number of aromatic amines is 2. The van der Waals surface area contributed by atoms with Crippen molar-refractivity contribution < 1.29 is 0 Å². The number of anilines is 1. The fraction of sp³-hybridized carbons (Fsp3) is 0. The van der Waals surface area contributed by atoms with Crippen LogP contribution in [0.15, 0.2) is 53.5 Å². The van der Waals surface area contributed by atoms with Gasteiger partial charge < -0.3 is 10.7 Å². The number of hydrogen-bond acceptors (Lipinski definition) is 3. The third-order valence-corrected chi connectivity index (χ3v) is 2.93. The zero-order valence-electron chi connectivity index (χ0n) is 10.1. The molecule has 4 N–H and O–H groups in total. The number of pyridine rings is 1. The SMILES string of the molecule is Nc1n[nH]c(-c2ccc(=O)[nH]c2)c1-c1ccccc1. The van der Waals surface area contributed by atoms with E-state index in [0.717, 1.165) is 22.4 Å². The van der Waals surface area contributed by atoms with Gasteiger partial charge in [0, 0.05) is 17.8 Å². The molecule has 2 heterocycles. The first-order valence-corrected chi connectivity index (χ1v) is 5.84. The Morgan fingerprint density at radius 1 is 1.00 bits per heavy atom. The molecule has 0 saturated heterocycles. The molecule has 0 aliphatic carbocycles. The zero-order chi connectivity index (χ0) is 13.2. The van der Waals surface area contributed by atoms with Gasteiger partial charge in [0.25, 0.3) is 0 Å². The smallest absolute Gasteiger partial charge is 0.247 e. The maximum Gasteiger partial charge on any atom is 0.247 e. The van der Waals surface area contributed by atoms with Gasteiger partial charge in [-0.1, -0.05) is 30.3 Å². The minimum absolute atomic E-state index is 0.141. The van der Waals surface area contributed by atoms with Crippen LogP contribution in [-0.2, 0) is 0 Å². The van der Waals surface area contributed by atoms with Crippen LogP contribution in [-0.4, -0.2) is 15.2 Å². The van der Waals surface area contributed by atoms with Gasteiger partial charge in [0.1, 0.15) is 0 Å². The van der Waals surface area contributed by atoms with Crippen LogP contribution in [0.5, 0.6) is 0 Å². The first kappa shape index (κ1) is 11.3. The highest BCUT2D eigenvalue weighted by Crippen LogP contribution is 2.33. The molecule has 19 heavy (non-hydrogen) atoms. The topological polar surface area (TPSA) is 87.6 Å². The van der Waals surface area contributed by atoms with Crippen LogP contribution in [0, 0.1) is 0 Å². The van der Waals surface area contributed by atoms with Gasteiger partial charge >= 0.3 is 0 Å². The lowest BCUT2D eigenvalue weighted by Crippen LogP contribution is -2.01. The van der Waals surface area contributed by atoms with Crippen molar-refractivity contribution in [1.29, 1.82) is 0 Å². The summed E-state index contributed by atoms with van der Waals surface area (Å²) in [7, 11) is 0. The van der Waals surface area contributed by atoms with Crippen molar-refractivity contribution in [2.45, 2.75) is 0 Å². The number of rotatable bonds is 2. The predicted octanol–water partition coefficient (Wildman–Crippen LogP) is 2.01. The third kappa shape index (κ3) is 2.01. The fourth-order valence-electron chi connectivity index (χ4n) is 2.03. The van der Waals surface area contributed by atoms with Gasteiger partial charge in [0.2, 0.25) is 5.56 Å². The van der Waals surface area contributed by atoms with Gasteiger partial charge in [-0.05, 0) is 11.6 Å². The summed E-state index contributed by atoms with van der Waals surface area (Å²) in [5.41, 5.74) is 9.23. The Morgan fingerprint density at radius 3 is 2.47 bits per heavy atom. The summed E-state index contributed by atoms with van der Waals surface area (Å²) in [4.78, 5) is 13.7. The van der Waals surface area contributed by atoms with Crippen LogP contribution < -0.4 is 11.3 Å². The lowest BCUT2D eigenvalue weighted by Gasteiger charge is -2.04. The molecule has 0 spiro atoms. The van der Waals surface area contributed by atoms with Gasteiger partial charge in [0.05, 0.1) is 11.3 Å². The summed E-state index contributed by atoms with van der Waals surface area (Å²) in [6.45, 7) is 0. The summed E-state index contributed by atoms with van der Waals surface area (Å²) in [5, 5.41) is 6.96. The monoisotopic (exact) mass is 252 g/mol. The normalized spacial score (nSPS) is 10.5. The molecule has 5 heteroatoms. The minimum atomic E-state index is -0.141. The molecule has 0 atom stereocenters. The van der Waals surface area contributed by atoms with E-state index in [1.165, 1.54) is 6.07 Å². The summed E-state index contributed by atoms with van der Waals surface area (Å²) in [6, 6.07) is 13.0. The molecule has 2 aromatic heterocycles. The van der Waals surface area contributed by atoms with Crippen LogP contribution in [0.3, 0.4) is 0 Å². The quantitative estimate of drug-likeness (QED) is 0.652. The van der Waals surface area contributed by atoms with Gasteiger partial charge in [-0.25, -0.2) is 0 Å². The molecule has 0 fully saturated rings. The van der Waals surface area contributed by atoms with Gasteiger partial charge in [-0.2, -0.15) is 5.10 Å². The van der Waals surface area contributed by atoms with Crippen LogP contribution >= 0.6 is 0 Å². The number of nitrogens with one attached hydrogen (secondary N) is 2. The van der Waals surface area contributed by atoms with Gasteiger partial charge in [-0.3, -0.25) is 9.89 Å². The van der Waals surface area contributed by atoms with E-state index in [9.17, 15) is 4.79 Å². The number of hydrogen-bond donors (Lipinski definition) is 3. The third-order valence-electron chi connectivity index (χ3n) is 2.93. The van der Waals surface area contributed by atoms with Crippen LogP contribution in [0.2, 0.25) is 0 Å².